The normalized spacial score (nSPS) is 18.1. The van der Waals surface area contributed by atoms with Gasteiger partial charge in [0.1, 0.15) is 0 Å². The SMILES string of the molecule is Cc1cc(-c2ccccc2)ccc1N1c2cc(-c3ccccc3)ccc2B2c3cc4c(cc3N(c3cc5c(cc3C)C(C)(C)CCC5(C)C)c3cc(C(C)(C)C)cc1c32)C(C)(C)CCC4(C)C. The van der Waals surface area contributed by atoms with Crippen LogP contribution >= 0.6 is 0 Å². The predicted octanol–water partition coefficient (Wildman–Crippen LogP) is 15.7. The second kappa shape index (κ2) is 14.9. The van der Waals surface area contributed by atoms with Crippen LogP contribution in [-0.4, -0.2) is 6.71 Å². The van der Waals surface area contributed by atoms with Gasteiger partial charge in [-0.25, -0.2) is 0 Å². The number of fused-ring (bicyclic) bond motifs is 6. The minimum atomic E-state index is -0.115. The Hall–Kier alpha value is -5.80. The summed E-state index contributed by atoms with van der Waals surface area (Å²) in [6.45, 7) is 31.8. The molecule has 3 heteroatoms. The van der Waals surface area contributed by atoms with Crippen molar-refractivity contribution in [3.05, 3.63) is 172 Å². The zero-order chi connectivity index (χ0) is 47.2. The third-order valence-corrected chi connectivity index (χ3v) is 17.0. The maximum atomic E-state index is 2.75. The van der Waals surface area contributed by atoms with Crippen LogP contribution in [0.2, 0.25) is 0 Å². The van der Waals surface area contributed by atoms with Crippen LogP contribution in [0, 0.1) is 13.8 Å². The van der Waals surface area contributed by atoms with Gasteiger partial charge < -0.3 is 9.80 Å². The Kier molecular flexibility index (Phi) is 9.70. The summed E-state index contributed by atoms with van der Waals surface area (Å²) in [4.78, 5) is 5.40. The van der Waals surface area contributed by atoms with E-state index in [-0.39, 0.29) is 33.8 Å². The zero-order valence-corrected chi connectivity index (χ0v) is 42.5. The van der Waals surface area contributed by atoms with Crippen LogP contribution in [0.4, 0.5) is 34.1 Å². The summed E-state index contributed by atoms with van der Waals surface area (Å²) in [5.74, 6) is 0. The van der Waals surface area contributed by atoms with Crippen molar-refractivity contribution >= 4 is 57.2 Å². The van der Waals surface area contributed by atoms with Crippen LogP contribution in [0.5, 0.6) is 0 Å². The largest absolute Gasteiger partial charge is 0.311 e. The van der Waals surface area contributed by atoms with Crippen molar-refractivity contribution in [1.82, 2.24) is 0 Å². The van der Waals surface area contributed by atoms with Gasteiger partial charge in [0.25, 0.3) is 6.71 Å². The maximum Gasteiger partial charge on any atom is 0.252 e. The average Bonchev–Trinajstić information content (AvgIpc) is 3.29. The molecule has 0 fully saturated rings. The minimum absolute atomic E-state index is 0.0321. The van der Waals surface area contributed by atoms with Crippen LogP contribution in [0.25, 0.3) is 22.3 Å². The van der Waals surface area contributed by atoms with E-state index in [1.807, 2.05) is 0 Å². The van der Waals surface area contributed by atoms with Crippen LogP contribution in [0.3, 0.4) is 0 Å². The highest BCUT2D eigenvalue weighted by Crippen LogP contribution is 2.54. The van der Waals surface area contributed by atoms with Gasteiger partial charge in [-0.3, -0.25) is 0 Å². The smallest absolute Gasteiger partial charge is 0.252 e. The number of rotatable bonds is 4. The fourth-order valence-electron chi connectivity index (χ4n) is 12.5. The van der Waals surface area contributed by atoms with Gasteiger partial charge >= 0.3 is 0 Å². The van der Waals surface area contributed by atoms with Crippen LogP contribution < -0.4 is 26.2 Å². The highest BCUT2D eigenvalue weighted by atomic mass is 15.2. The molecule has 0 saturated carbocycles. The fraction of sp³-hybridized carbons (Fsp3) is 0.344. The molecule has 2 aliphatic carbocycles. The van der Waals surface area contributed by atoms with E-state index >= 15 is 0 Å². The molecule has 2 aliphatic heterocycles. The van der Waals surface area contributed by atoms with Gasteiger partial charge in [0.15, 0.2) is 0 Å². The molecule has 0 unspecified atom stereocenters. The van der Waals surface area contributed by atoms with Crippen molar-refractivity contribution in [2.45, 2.75) is 143 Å². The molecule has 7 aromatic carbocycles. The van der Waals surface area contributed by atoms with Gasteiger partial charge in [0.2, 0.25) is 0 Å². The van der Waals surface area contributed by atoms with Gasteiger partial charge in [0, 0.05) is 34.1 Å². The topological polar surface area (TPSA) is 6.48 Å². The number of anilines is 6. The lowest BCUT2D eigenvalue weighted by Gasteiger charge is -2.48. The Morgan fingerprint density at radius 3 is 1.34 bits per heavy atom. The molecular formula is C64H69BN2. The first-order chi connectivity index (χ1) is 31.6. The van der Waals surface area contributed by atoms with Crippen molar-refractivity contribution in [2.75, 3.05) is 9.80 Å². The predicted molar refractivity (Wildman–Crippen MR) is 290 cm³/mol. The number of hydrogen-bond donors (Lipinski definition) is 0. The Bertz CT molecular complexity index is 3140. The molecule has 7 aromatic rings. The molecule has 4 aliphatic rings. The lowest BCUT2D eigenvalue weighted by Crippen LogP contribution is -2.62. The summed E-state index contributed by atoms with van der Waals surface area (Å²) in [6, 6.07) is 52.0. The monoisotopic (exact) mass is 877 g/mol. The van der Waals surface area contributed by atoms with Crippen molar-refractivity contribution in [3.63, 3.8) is 0 Å². The minimum Gasteiger partial charge on any atom is -0.311 e. The molecule has 0 aromatic heterocycles. The van der Waals surface area contributed by atoms with Gasteiger partial charge in [0.05, 0.1) is 0 Å². The van der Waals surface area contributed by atoms with E-state index in [2.05, 4.69) is 233 Å². The highest BCUT2D eigenvalue weighted by molar-refractivity contribution is 7.00. The third kappa shape index (κ3) is 6.88. The molecule has 0 N–H and O–H groups in total. The van der Waals surface area contributed by atoms with Crippen molar-refractivity contribution in [2.24, 2.45) is 0 Å². The van der Waals surface area contributed by atoms with E-state index in [0.717, 1.165) is 0 Å². The molecule has 0 radical (unpaired) electrons. The lowest BCUT2D eigenvalue weighted by atomic mass is 9.33. The quantitative estimate of drug-likeness (QED) is 0.163. The second-order valence-electron chi connectivity index (χ2n) is 24.5. The molecule has 0 saturated heterocycles. The van der Waals surface area contributed by atoms with E-state index in [1.165, 1.54) is 137 Å². The Morgan fingerprint density at radius 2 is 0.821 bits per heavy atom. The number of nitrogens with zero attached hydrogens (tertiary/aromatic N) is 2. The molecule has 338 valence electrons. The summed E-state index contributed by atoms with van der Waals surface area (Å²) in [5.41, 5.74) is 27.0. The van der Waals surface area contributed by atoms with E-state index in [0.29, 0.717) is 0 Å². The first-order valence-corrected chi connectivity index (χ1v) is 25.1. The highest BCUT2D eigenvalue weighted by Gasteiger charge is 2.48. The summed E-state index contributed by atoms with van der Waals surface area (Å²) >= 11 is 0. The maximum absolute atomic E-state index is 2.75. The molecular weight excluding hydrogens is 808 g/mol. The molecule has 0 bridgehead atoms. The van der Waals surface area contributed by atoms with Crippen LogP contribution in [0.1, 0.15) is 141 Å². The molecule has 2 nitrogen and oxygen atoms in total. The van der Waals surface area contributed by atoms with Gasteiger partial charge in [-0.1, -0.05) is 167 Å². The summed E-state index contributed by atoms with van der Waals surface area (Å²) in [6.07, 6.45) is 4.73. The van der Waals surface area contributed by atoms with Crippen LogP contribution in [-0.2, 0) is 27.1 Å². The summed E-state index contributed by atoms with van der Waals surface area (Å²) in [7, 11) is 0. The molecule has 11 rings (SSSR count). The zero-order valence-electron chi connectivity index (χ0n) is 42.5. The average molecular weight is 877 g/mol. The standard InChI is InChI=1S/C64H69BN2/c1-40-32-44(42-20-16-14-17-21-42)25-27-53(40)66-55-34-45(43-22-18-15-19-23-43)24-26-51(55)65-52-37-48-50(64(12,13)31-29-62(48,8)9)39-56(52)67(58-36-46(60(3,4)5)35-57(66)59(58)65)54-38-49-47(33-41(54)2)61(6,7)28-30-63(49,10)11/h14-27,32-39H,28-31H2,1-13H3. The summed E-state index contributed by atoms with van der Waals surface area (Å²) < 4.78 is 0. The fourth-order valence-corrected chi connectivity index (χ4v) is 12.5. The third-order valence-electron chi connectivity index (χ3n) is 17.0. The van der Waals surface area contributed by atoms with Crippen molar-refractivity contribution in [3.8, 4) is 22.3 Å². The van der Waals surface area contributed by atoms with E-state index < -0.39 is 0 Å². The number of aryl methyl sites for hydroxylation is 2. The van der Waals surface area contributed by atoms with Crippen LogP contribution in [0.15, 0.2) is 133 Å². The molecule has 0 amide bonds. The summed E-state index contributed by atoms with van der Waals surface area (Å²) in [5, 5.41) is 0. The molecule has 67 heavy (non-hydrogen) atoms. The van der Waals surface area contributed by atoms with Gasteiger partial charge in [-0.15, -0.1) is 0 Å². The molecule has 2 heterocycles. The van der Waals surface area contributed by atoms with E-state index in [4.69, 9.17) is 0 Å². The number of benzene rings is 7. The Balaban J connectivity index is 1.27. The molecule has 0 atom stereocenters. The van der Waals surface area contributed by atoms with E-state index in [9.17, 15) is 0 Å². The Labute approximate surface area is 402 Å². The van der Waals surface area contributed by atoms with Gasteiger partial charge in [-0.05, 0) is 187 Å². The van der Waals surface area contributed by atoms with E-state index in [1.54, 1.807) is 0 Å². The van der Waals surface area contributed by atoms with Crippen molar-refractivity contribution < 1.29 is 0 Å². The second-order valence-corrected chi connectivity index (χ2v) is 24.5. The number of hydrogen-bond acceptors (Lipinski definition) is 2. The molecule has 0 spiro atoms. The Morgan fingerprint density at radius 1 is 0.388 bits per heavy atom. The first-order valence-electron chi connectivity index (χ1n) is 25.1. The van der Waals surface area contributed by atoms with Crippen molar-refractivity contribution in [1.29, 1.82) is 0 Å². The van der Waals surface area contributed by atoms with Gasteiger partial charge in [-0.2, -0.15) is 0 Å². The lowest BCUT2D eigenvalue weighted by molar-refractivity contribution is 0.331. The first kappa shape index (κ1) is 43.8.